The molecule has 0 unspecified atom stereocenters. The maximum absolute atomic E-state index is 13.0. The van der Waals surface area contributed by atoms with E-state index in [1.807, 2.05) is 0 Å². The molecule has 8 nitrogen and oxygen atoms in total. The molecule has 2 heterocycles. The fraction of sp³-hybridized carbons (Fsp3) is 0.217. The van der Waals surface area contributed by atoms with Gasteiger partial charge in [0.2, 0.25) is 10.2 Å². The number of halogens is 4. The highest BCUT2D eigenvalue weighted by Gasteiger charge is 2.46. The Bertz CT molecular complexity index is 1300. The van der Waals surface area contributed by atoms with Crippen LogP contribution in [-0.4, -0.2) is 53.0 Å². The number of amides is 1. The Labute approximate surface area is 212 Å². The van der Waals surface area contributed by atoms with E-state index in [-0.39, 0.29) is 35.7 Å². The van der Waals surface area contributed by atoms with Crippen LogP contribution in [0, 0.1) is 5.41 Å². The number of ether oxygens (including phenoxy) is 3. The van der Waals surface area contributed by atoms with Crippen molar-refractivity contribution in [2.75, 3.05) is 19.8 Å². The first-order valence-corrected chi connectivity index (χ1v) is 11.7. The number of rotatable bonds is 8. The van der Waals surface area contributed by atoms with Crippen LogP contribution >= 0.6 is 23.4 Å². The van der Waals surface area contributed by atoms with Crippen LogP contribution in [0.4, 0.5) is 13.2 Å². The second kappa shape index (κ2) is 10.6. The van der Waals surface area contributed by atoms with E-state index in [0.717, 1.165) is 0 Å². The third-order valence-corrected chi connectivity index (χ3v) is 5.98. The van der Waals surface area contributed by atoms with Crippen molar-refractivity contribution in [1.29, 1.82) is 5.41 Å². The molecular formula is C23H18ClF3N4O4S. The van der Waals surface area contributed by atoms with Crippen molar-refractivity contribution >= 4 is 51.4 Å². The molecule has 0 saturated heterocycles. The summed E-state index contributed by atoms with van der Waals surface area (Å²) in [4.78, 5) is 16.1. The van der Waals surface area contributed by atoms with Crippen LogP contribution in [-0.2, 0) is 4.79 Å². The molecule has 0 atom stereocenters. The van der Waals surface area contributed by atoms with E-state index < -0.39 is 23.0 Å². The molecule has 13 heteroatoms. The average Bonchev–Trinajstić information content (AvgIpc) is 3.27. The lowest BCUT2D eigenvalue weighted by Gasteiger charge is -2.20. The summed E-state index contributed by atoms with van der Waals surface area (Å²) in [6.07, 6.45) is -3.37. The minimum atomic E-state index is -4.71. The van der Waals surface area contributed by atoms with Gasteiger partial charge in [-0.2, -0.15) is 28.3 Å². The lowest BCUT2D eigenvalue weighted by atomic mass is 10.1. The van der Waals surface area contributed by atoms with Crippen LogP contribution in [0.25, 0.3) is 6.08 Å². The first-order valence-electron chi connectivity index (χ1n) is 10.5. The predicted molar refractivity (Wildman–Crippen MR) is 131 cm³/mol. The SMILES string of the molecule is CCOc1cc(C=C2C(=N)N3N=C(C(F)(F)F)SC3=NC2=O)ccc1OCCOc1ccccc1Cl. The molecule has 2 aliphatic heterocycles. The summed E-state index contributed by atoms with van der Waals surface area (Å²) in [7, 11) is 0. The van der Waals surface area contributed by atoms with Crippen LogP contribution in [0.2, 0.25) is 5.02 Å². The Morgan fingerprint density at radius 2 is 1.81 bits per heavy atom. The second-order valence-electron chi connectivity index (χ2n) is 7.19. The lowest BCUT2D eigenvalue weighted by molar-refractivity contribution is -0.114. The highest BCUT2D eigenvalue weighted by atomic mass is 35.5. The fourth-order valence-electron chi connectivity index (χ4n) is 3.14. The van der Waals surface area contributed by atoms with Crippen LogP contribution in [0.15, 0.2) is 58.1 Å². The van der Waals surface area contributed by atoms with E-state index in [9.17, 15) is 18.0 Å². The fourth-order valence-corrected chi connectivity index (χ4v) is 4.09. The van der Waals surface area contributed by atoms with Crippen LogP contribution in [0.5, 0.6) is 17.2 Å². The molecule has 1 N–H and O–H groups in total. The molecule has 0 radical (unpaired) electrons. The Hall–Kier alpha value is -3.51. The van der Waals surface area contributed by atoms with Gasteiger partial charge in [0.15, 0.2) is 17.3 Å². The zero-order chi connectivity index (χ0) is 25.9. The molecule has 0 fully saturated rings. The van der Waals surface area contributed by atoms with E-state index >= 15 is 0 Å². The van der Waals surface area contributed by atoms with Gasteiger partial charge in [-0.25, -0.2) is 0 Å². The highest BCUT2D eigenvalue weighted by Crippen LogP contribution is 2.36. The van der Waals surface area contributed by atoms with Gasteiger partial charge in [-0.3, -0.25) is 10.2 Å². The summed E-state index contributed by atoms with van der Waals surface area (Å²) in [5, 5.41) is 11.3. The van der Waals surface area contributed by atoms with Crippen molar-refractivity contribution in [3.05, 3.63) is 58.6 Å². The highest BCUT2D eigenvalue weighted by molar-refractivity contribution is 8.27. The van der Waals surface area contributed by atoms with Gasteiger partial charge in [0.05, 0.1) is 17.2 Å². The number of amidine groups is 2. The Balaban J connectivity index is 1.49. The summed E-state index contributed by atoms with van der Waals surface area (Å²) >= 11 is 6.26. The van der Waals surface area contributed by atoms with Gasteiger partial charge in [0, 0.05) is 0 Å². The number of benzene rings is 2. The van der Waals surface area contributed by atoms with Gasteiger partial charge >= 0.3 is 6.18 Å². The molecule has 0 spiro atoms. The van der Waals surface area contributed by atoms with E-state index in [1.54, 1.807) is 49.4 Å². The molecule has 0 bridgehead atoms. The van der Waals surface area contributed by atoms with Crippen molar-refractivity contribution in [2.45, 2.75) is 13.1 Å². The van der Waals surface area contributed by atoms with Crippen molar-refractivity contribution in [2.24, 2.45) is 10.1 Å². The van der Waals surface area contributed by atoms with Crippen LogP contribution < -0.4 is 14.2 Å². The number of para-hydroxylation sites is 1. The minimum Gasteiger partial charge on any atom is -0.490 e. The molecule has 188 valence electrons. The molecule has 1 amide bonds. The molecule has 2 aromatic rings. The molecule has 36 heavy (non-hydrogen) atoms. The van der Waals surface area contributed by atoms with Gasteiger partial charge in [0.25, 0.3) is 5.91 Å². The molecule has 0 aromatic heterocycles. The average molecular weight is 539 g/mol. The van der Waals surface area contributed by atoms with E-state index in [0.29, 0.717) is 39.5 Å². The minimum absolute atomic E-state index is 0.193. The molecule has 2 aliphatic rings. The first-order chi connectivity index (χ1) is 17.2. The number of hydrazone groups is 1. The largest absolute Gasteiger partial charge is 0.490 e. The van der Waals surface area contributed by atoms with Gasteiger partial charge in [-0.05, 0) is 54.6 Å². The quantitative estimate of drug-likeness (QED) is 0.358. The number of thioether (sulfide) groups is 1. The summed E-state index contributed by atoms with van der Waals surface area (Å²) in [6, 6.07) is 11.9. The number of nitrogens with zero attached hydrogens (tertiary/aromatic N) is 3. The zero-order valence-corrected chi connectivity index (χ0v) is 20.2. The van der Waals surface area contributed by atoms with E-state index in [1.165, 1.54) is 6.08 Å². The maximum atomic E-state index is 13.0. The Morgan fingerprint density at radius 3 is 2.50 bits per heavy atom. The monoisotopic (exact) mass is 538 g/mol. The number of carbonyl (C=O) groups excluding carboxylic acids is 1. The number of carbonyl (C=O) groups is 1. The van der Waals surface area contributed by atoms with Crippen molar-refractivity contribution < 1.29 is 32.2 Å². The number of alkyl halides is 3. The van der Waals surface area contributed by atoms with Crippen LogP contribution in [0.1, 0.15) is 12.5 Å². The number of aliphatic imine (C=N–C) groups is 1. The summed E-state index contributed by atoms with van der Waals surface area (Å²) in [6.45, 7) is 2.53. The van der Waals surface area contributed by atoms with E-state index in [2.05, 4.69) is 10.1 Å². The molecule has 4 rings (SSSR count). The van der Waals surface area contributed by atoms with Crippen molar-refractivity contribution in [3.63, 3.8) is 0 Å². The molecular weight excluding hydrogens is 521 g/mol. The molecule has 2 aromatic carbocycles. The van der Waals surface area contributed by atoms with Gasteiger partial charge < -0.3 is 14.2 Å². The molecule has 0 saturated carbocycles. The summed E-state index contributed by atoms with van der Waals surface area (Å²) in [5.41, 5.74) is 0.243. The predicted octanol–water partition coefficient (Wildman–Crippen LogP) is 5.38. The normalized spacial score (nSPS) is 16.6. The third-order valence-electron chi connectivity index (χ3n) is 4.71. The number of hydrogen-bond acceptors (Lipinski definition) is 7. The summed E-state index contributed by atoms with van der Waals surface area (Å²) < 4.78 is 56.0. The smallest absolute Gasteiger partial charge is 0.441 e. The van der Waals surface area contributed by atoms with Gasteiger partial charge in [0.1, 0.15) is 19.0 Å². The van der Waals surface area contributed by atoms with E-state index in [4.69, 9.17) is 31.2 Å². The zero-order valence-electron chi connectivity index (χ0n) is 18.6. The summed E-state index contributed by atoms with van der Waals surface area (Å²) in [5.74, 6) is -0.0254. The number of nitrogens with one attached hydrogen (secondary N) is 1. The molecule has 0 aliphatic carbocycles. The van der Waals surface area contributed by atoms with Crippen LogP contribution in [0.3, 0.4) is 0 Å². The standard InChI is InChI=1S/C23H18ClF3N4O4S/c1-2-33-18-12-13(7-8-17(18)35-10-9-34-16-6-4-3-5-15(16)24)11-14-19(28)31-22(29-20(14)32)36-21(30-31)23(25,26)27/h3-8,11-12,28H,2,9-10H2,1H3. The van der Waals surface area contributed by atoms with Crippen molar-refractivity contribution in [3.8, 4) is 17.2 Å². The first kappa shape index (κ1) is 25.6. The Kier molecular flexibility index (Phi) is 7.55. The van der Waals surface area contributed by atoms with Gasteiger partial charge in [-0.1, -0.05) is 29.8 Å². The van der Waals surface area contributed by atoms with Crippen molar-refractivity contribution in [1.82, 2.24) is 5.01 Å². The number of fused-ring (bicyclic) bond motifs is 1. The van der Waals surface area contributed by atoms with Gasteiger partial charge in [-0.15, -0.1) is 0 Å². The maximum Gasteiger partial charge on any atom is 0.441 e. The topological polar surface area (TPSA) is 96.6 Å². The lowest BCUT2D eigenvalue weighted by Crippen LogP contribution is -2.35. The second-order valence-corrected chi connectivity index (χ2v) is 8.55. The Morgan fingerprint density at radius 1 is 1.08 bits per heavy atom. The third kappa shape index (κ3) is 5.65. The number of hydrogen-bond donors (Lipinski definition) is 1.